The topological polar surface area (TPSA) is 76.7 Å². The fraction of sp³-hybridized carbons (Fsp3) is 0.200. The molecule has 0 aromatic heterocycles. The Morgan fingerprint density at radius 3 is 2.29 bits per heavy atom. The van der Waals surface area contributed by atoms with Crippen molar-refractivity contribution in [2.24, 2.45) is 0 Å². The summed E-state index contributed by atoms with van der Waals surface area (Å²) in [6.07, 6.45) is 0. The summed E-state index contributed by atoms with van der Waals surface area (Å²) >= 11 is 0. The van der Waals surface area contributed by atoms with E-state index in [2.05, 4.69) is 10.6 Å². The van der Waals surface area contributed by atoms with Crippen LogP contribution in [0.3, 0.4) is 0 Å². The molecular formula is C25H26N2O4. The molecular weight excluding hydrogens is 392 g/mol. The molecule has 2 N–H and O–H groups in total. The number of benzene rings is 3. The van der Waals surface area contributed by atoms with E-state index in [9.17, 15) is 9.59 Å². The van der Waals surface area contributed by atoms with Crippen LogP contribution in [0.25, 0.3) is 0 Å². The third-order valence-electron chi connectivity index (χ3n) is 4.29. The fourth-order valence-electron chi connectivity index (χ4n) is 2.89. The van der Waals surface area contributed by atoms with Gasteiger partial charge in [0.15, 0.2) is 0 Å². The predicted octanol–water partition coefficient (Wildman–Crippen LogP) is 4.53. The molecule has 160 valence electrons. The van der Waals surface area contributed by atoms with Gasteiger partial charge in [0, 0.05) is 17.3 Å². The van der Waals surface area contributed by atoms with Gasteiger partial charge in [-0.15, -0.1) is 0 Å². The first-order valence-electron chi connectivity index (χ1n) is 10.1. The Balaban J connectivity index is 1.61. The molecule has 6 nitrogen and oxygen atoms in total. The van der Waals surface area contributed by atoms with E-state index in [4.69, 9.17) is 9.47 Å². The van der Waals surface area contributed by atoms with Gasteiger partial charge in [0.25, 0.3) is 11.8 Å². The van der Waals surface area contributed by atoms with Gasteiger partial charge < -0.3 is 20.1 Å². The van der Waals surface area contributed by atoms with Gasteiger partial charge in [-0.3, -0.25) is 9.59 Å². The number of ether oxygens (including phenoxy) is 2. The maximum Gasteiger partial charge on any atom is 0.259 e. The second-order valence-electron chi connectivity index (χ2n) is 7.17. The molecule has 0 saturated carbocycles. The standard InChI is InChI=1S/C25H26N2O4/c1-18(2)26-24(28)19-9-8-10-20(17-19)27-25(29)22-13-6-7-14-23(22)31-16-15-30-21-11-4-3-5-12-21/h3-14,17-18H,15-16H2,1-2H3,(H,26,28)(H,27,29). The van der Waals surface area contributed by atoms with Crippen LogP contribution in [0.15, 0.2) is 78.9 Å². The van der Waals surface area contributed by atoms with Gasteiger partial charge in [-0.25, -0.2) is 0 Å². The summed E-state index contributed by atoms with van der Waals surface area (Å²) in [5.41, 5.74) is 1.41. The summed E-state index contributed by atoms with van der Waals surface area (Å²) in [5.74, 6) is 0.720. The van der Waals surface area contributed by atoms with Crippen LogP contribution >= 0.6 is 0 Å². The van der Waals surface area contributed by atoms with Crippen LogP contribution in [0.2, 0.25) is 0 Å². The summed E-state index contributed by atoms with van der Waals surface area (Å²) in [5, 5.41) is 5.67. The third kappa shape index (κ3) is 6.60. The van der Waals surface area contributed by atoms with Crippen molar-refractivity contribution in [1.29, 1.82) is 0 Å². The minimum Gasteiger partial charge on any atom is -0.490 e. The van der Waals surface area contributed by atoms with Gasteiger partial charge in [-0.05, 0) is 56.3 Å². The van der Waals surface area contributed by atoms with E-state index in [0.29, 0.717) is 35.8 Å². The van der Waals surface area contributed by atoms with Gasteiger partial charge >= 0.3 is 0 Å². The van der Waals surface area contributed by atoms with Crippen LogP contribution in [-0.4, -0.2) is 31.1 Å². The molecule has 3 aromatic rings. The zero-order valence-electron chi connectivity index (χ0n) is 17.6. The summed E-state index contributed by atoms with van der Waals surface area (Å²) in [6, 6.07) is 23.3. The van der Waals surface area contributed by atoms with E-state index in [-0.39, 0.29) is 17.9 Å². The van der Waals surface area contributed by atoms with Crippen LogP contribution in [0.5, 0.6) is 11.5 Å². The van der Waals surface area contributed by atoms with Gasteiger partial charge in [-0.1, -0.05) is 36.4 Å². The number of anilines is 1. The summed E-state index contributed by atoms with van der Waals surface area (Å²) in [6.45, 7) is 4.44. The average molecular weight is 418 g/mol. The lowest BCUT2D eigenvalue weighted by Gasteiger charge is -2.13. The summed E-state index contributed by atoms with van der Waals surface area (Å²) in [7, 11) is 0. The second-order valence-corrected chi connectivity index (χ2v) is 7.17. The Morgan fingerprint density at radius 2 is 1.52 bits per heavy atom. The van der Waals surface area contributed by atoms with E-state index < -0.39 is 0 Å². The van der Waals surface area contributed by atoms with Crippen LogP contribution in [0.1, 0.15) is 34.6 Å². The third-order valence-corrected chi connectivity index (χ3v) is 4.29. The van der Waals surface area contributed by atoms with E-state index in [0.717, 1.165) is 5.75 Å². The quantitative estimate of drug-likeness (QED) is 0.501. The molecule has 6 heteroatoms. The van der Waals surface area contributed by atoms with Crippen molar-refractivity contribution < 1.29 is 19.1 Å². The average Bonchev–Trinajstić information content (AvgIpc) is 2.77. The number of rotatable bonds is 9. The van der Waals surface area contributed by atoms with E-state index >= 15 is 0 Å². The second kappa shape index (κ2) is 10.8. The first kappa shape index (κ1) is 21.9. The van der Waals surface area contributed by atoms with Crippen molar-refractivity contribution in [2.75, 3.05) is 18.5 Å². The maximum atomic E-state index is 12.8. The Morgan fingerprint density at radius 1 is 0.806 bits per heavy atom. The lowest BCUT2D eigenvalue weighted by atomic mass is 10.1. The molecule has 0 fully saturated rings. The smallest absolute Gasteiger partial charge is 0.259 e. The van der Waals surface area contributed by atoms with Gasteiger partial charge in [-0.2, -0.15) is 0 Å². The van der Waals surface area contributed by atoms with Crippen molar-refractivity contribution in [1.82, 2.24) is 5.32 Å². The number of hydrogen-bond donors (Lipinski definition) is 2. The first-order valence-corrected chi connectivity index (χ1v) is 10.1. The molecule has 0 saturated heterocycles. The first-order chi connectivity index (χ1) is 15.0. The molecule has 0 atom stereocenters. The van der Waals surface area contributed by atoms with Crippen LogP contribution in [0.4, 0.5) is 5.69 Å². The number of hydrogen-bond acceptors (Lipinski definition) is 4. The highest BCUT2D eigenvalue weighted by Gasteiger charge is 2.14. The predicted molar refractivity (Wildman–Crippen MR) is 121 cm³/mol. The number of carbonyl (C=O) groups is 2. The van der Waals surface area contributed by atoms with Crippen molar-refractivity contribution in [3.05, 3.63) is 90.0 Å². The van der Waals surface area contributed by atoms with Gasteiger partial charge in [0.1, 0.15) is 24.7 Å². The Labute approximate surface area is 182 Å². The molecule has 3 rings (SSSR count). The summed E-state index contributed by atoms with van der Waals surface area (Å²) in [4.78, 5) is 25.0. The number of para-hydroxylation sites is 2. The van der Waals surface area contributed by atoms with Crippen molar-refractivity contribution in [3.8, 4) is 11.5 Å². The maximum absolute atomic E-state index is 12.8. The molecule has 0 spiro atoms. The molecule has 31 heavy (non-hydrogen) atoms. The molecule has 0 radical (unpaired) electrons. The van der Waals surface area contributed by atoms with Crippen molar-refractivity contribution in [2.45, 2.75) is 19.9 Å². The van der Waals surface area contributed by atoms with E-state index in [1.807, 2.05) is 44.2 Å². The van der Waals surface area contributed by atoms with Crippen LogP contribution < -0.4 is 20.1 Å². The van der Waals surface area contributed by atoms with E-state index in [1.54, 1.807) is 48.5 Å². The Kier molecular flexibility index (Phi) is 7.65. The summed E-state index contributed by atoms with van der Waals surface area (Å²) < 4.78 is 11.4. The van der Waals surface area contributed by atoms with Crippen LogP contribution in [0, 0.1) is 0 Å². The zero-order valence-corrected chi connectivity index (χ0v) is 17.6. The van der Waals surface area contributed by atoms with Crippen LogP contribution in [-0.2, 0) is 0 Å². The highest BCUT2D eigenvalue weighted by Crippen LogP contribution is 2.20. The largest absolute Gasteiger partial charge is 0.490 e. The molecule has 0 aliphatic heterocycles. The Hall–Kier alpha value is -3.80. The van der Waals surface area contributed by atoms with Crippen molar-refractivity contribution >= 4 is 17.5 Å². The molecule has 3 aromatic carbocycles. The molecule has 0 unspecified atom stereocenters. The molecule has 2 amide bonds. The highest BCUT2D eigenvalue weighted by atomic mass is 16.5. The number of carbonyl (C=O) groups excluding carboxylic acids is 2. The van der Waals surface area contributed by atoms with Crippen molar-refractivity contribution in [3.63, 3.8) is 0 Å². The van der Waals surface area contributed by atoms with Gasteiger partial charge in [0.05, 0.1) is 5.56 Å². The lowest BCUT2D eigenvalue weighted by Crippen LogP contribution is -2.30. The molecule has 0 aliphatic rings. The number of amides is 2. The SMILES string of the molecule is CC(C)NC(=O)c1cccc(NC(=O)c2ccccc2OCCOc2ccccc2)c1. The molecule has 0 bridgehead atoms. The zero-order chi connectivity index (χ0) is 22.1. The lowest BCUT2D eigenvalue weighted by molar-refractivity contribution is 0.0941. The van der Waals surface area contributed by atoms with E-state index in [1.165, 1.54) is 0 Å². The monoisotopic (exact) mass is 418 g/mol. The normalized spacial score (nSPS) is 10.4. The minimum absolute atomic E-state index is 0.0284. The van der Waals surface area contributed by atoms with Gasteiger partial charge in [0.2, 0.25) is 0 Å². The fourth-order valence-corrected chi connectivity index (χ4v) is 2.89. The molecule has 0 aliphatic carbocycles. The minimum atomic E-state index is -0.319. The number of nitrogens with one attached hydrogen (secondary N) is 2. The Bertz CT molecular complexity index is 1020. The highest BCUT2D eigenvalue weighted by molar-refractivity contribution is 6.06. The molecule has 0 heterocycles.